The number of halogens is 3. The first kappa shape index (κ1) is 21.1. The maximum Gasteiger partial charge on any atom is 0.391 e. The van der Waals surface area contributed by atoms with Gasteiger partial charge in [0.1, 0.15) is 6.04 Å². The average Bonchev–Trinajstić information content (AvgIpc) is 2.61. The fourth-order valence-electron chi connectivity index (χ4n) is 2.58. The van der Waals surface area contributed by atoms with Crippen LogP contribution < -0.4 is 5.32 Å². The highest BCUT2D eigenvalue weighted by Gasteiger charge is 2.36. The SMILES string of the molecule is Cc1ccc(C(=O)c2ccccc2C(=O)NC(CC(F)(F)F)C(=O)O)cc1C. The van der Waals surface area contributed by atoms with E-state index in [-0.39, 0.29) is 11.1 Å². The molecule has 0 aromatic heterocycles. The molecule has 0 saturated carbocycles. The van der Waals surface area contributed by atoms with Gasteiger partial charge in [0.25, 0.3) is 5.91 Å². The minimum atomic E-state index is -4.77. The van der Waals surface area contributed by atoms with Crippen LogP contribution in [0.1, 0.15) is 43.8 Å². The minimum absolute atomic E-state index is 0.0283. The number of carboxylic acids is 1. The molecule has 0 spiro atoms. The van der Waals surface area contributed by atoms with E-state index < -0.39 is 36.3 Å². The van der Waals surface area contributed by atoms with Crippen molar-refractivity contribution in [1.29, 1.82) is 0 Å². The second kappa shape index (κ2) is 8.24. The van der Waals surface area contributed by atoms with E-state index in [4.69, 9.17) is 5.11 Å². The predicted molar refractivity (Wildman–Crippen MR) is 95.4 cm³/mol. The monoisotopic (exact) mass is 393 g/mol. The number of aryl methyl sites for hydroxylation is 2. The van der Waals surface area contributed by atoms with Gasteiger partial charge in [-0.3, -0.25) is 9.59 Å². The Morgan fingerprint density at radius 3 is 2.14 bits per heavy atom. The molecule has 2 aromatic rings. The van der Waals surface area contributed by atoms with E-state index >= 15 is 0 Å². The van der Waals surface area contributed by atoms with Crippen LogP contribution in [0.25, 0.3) is 0 Å². The van der Waals surface area contributed by atoms with Crippen molar-refractivity contribution in [3.05, 3.63) is 70.3 Å². The van der Waals surface area contributed by atoms with Crippen molar-refractivity contribution in [1.82, 2.24) is 5.32 Å². The van der Waals surface area contributed by atoms with Crippen LogP contribution in [0.3, 0.4) is 0 Å². The van der Waals surface area contributed by atoms with Crippen molar-refractivity contribution >= 4 is 17.7 Å². The van der Waals surface area contributed by atoms with E-state index in [2.05, 4.69) is 0 Å². The van der Waals surface area contributed by atoms with Crippen LogP contribution in [0, 0.1) is 13.8 Å². The van der Waals surface area contributed by atoms with Gasteiger partial charge in [0.2, 0.25) is 0 Å². The highest BCUT2D eigenvalue weighted by Crippen LogP contribution is 2.22. The molecule has 1 atom stereocenters. The number of amides is 1. The normalized spacial score (nSPS) is 12.3. The number of nitrogens with one attached hydrogen (secondary N) is 1. The standard InChI is InChI=1S/C20H18F3NO4/c1-11-7-8-13(9-12(11)2)17(25)14-5-3-4-6-15(14)18(26)24-16(19(27)28)10-20(21,22)23/h3-9,16H,10H2,1-2H3,(H,24,26)(H,27,28). The Morgan fingerprint density at radius 2 is 1.61 bits per heavy atom. The van der Waals surface area contributed by atoms with Crippen molar-refractivity contribution in [3.8, 4) is 0 Å². The quantitative estimate of drug-likeness (QED) is 0.734. The third-order valence-corrected chi connectivity index (χ3v) is 4.22. The summed E-state index contributed by atoms with van der Waals surface area (Å²) in [4.78, 5) is 36.3. The first-order valence-corrected chi connectivity index (χ1v) is 8.31. The number of hydrogen-bond acceptors (Lipinski definition) is 3. The lowest BCUT2D eigenvalue weighted by Crippen LogP contribution is -2.44. The Kier molecular flexibility index (Phi) is 6.23. The second-order valence-electron chi connectivity index (χ2n) is 6.36. The van der Waals surface area contributed by atoms with Crippen molar-refractivity contribution in [3.63, 3.8) is 0 Å². The van der Waals surface area contributed by atoms with Crippen molar-refractivity contribution in [2.24, 2.45) is 0 Å². The Balaban J connectivity index is 2.34. The third-order valence-electron chi connectivity index (χ3n) is 4.22. The number of ketones is 1. The summed E-state index contributed by atoms with van der Waals surface area (Å²) in [6, 6.07) is 8.40. The van der Waals surface area contributed by atoms with E-state index in [0.29, 0.717) is 5.56 Å². The fraction of sp³-hybridized carbons (Fsp3) is 0.250. The number of aliphatic carboxylic acids is 1. The van der Waals surface area contributed by atoms with Crippen molar-refractivity contribution in [2.75, 3.05) is 0 Å². The summed E-state index contributed by atoms with van der Waals surface area (Å²) in [5.74, 6) is -3.37. The maximum atomic E-state index is 12.8. The molecule has 2 N–H and O–H groups in total. The van der Waals surface area contributed by atoms with Crippen molar-refractivity contribution < 1.29 is 32.7 Å². The molecule has 0 bridgehead atoms. The number of rotatable bonds is 6. The topological polar surface area (TPSA) is 83.5 Å². The van der Waals surface area contributed by atoms with Crippen LogP contribution in [0.15, 0.2) is 42.5 Å². The zero-order chi connectivity index (χ0) is 21.1. The molecular formula is C20H18F3NO4. The minimum Gasteiger partial charge on any atom is -0.480 e. The highest BCUT2D eigenvalue weighted by atomic mass is 19.4. The molecule has 5 nitrogen and oxygen atoms in total. The molecule has 148 valence electrons. The molecule has 0 aliphatic rings. The summed E-state index contributed by atoms with van der Waals surface area (Å²) in [5.41, 5.74) is 1.93. The second-order valence-corrected chi connectivity index (χ2v) is 6.36. The van der Waals surface area contributed by atoms with Crippen LogP contribution in [0.5, 0.6) is 0 Å². The van der Waals surface area contributed by atoms with Gasteiger partial charge < -0.3 is 10.4 Å². The first-order valence-electron chi connectivity index (χ1n) is 8.31. The zero-order valence-electron chi connectivity index (χ0n) is 15.1. The summed E-state index contributed by atoms with van der Waals surface area (Å²) >= 11 is 0. The van der Waals surface area contributed by atoms with E-state index in [1.807, 2.05) is 19.2 Å². The van der Waals surface area contributed by atoms with Crippen LogP contribution in [0.4, 0.5) is 13.2 Å². The predicted octanol–water partition coefficient (Wildman–Crippen LogP) is 3.67. The summed E-state index contributed by atoms with van der Waals surface area (Å²) in [7, 11) is 0. The lowest BCUT2D eigenvalue weighted by Gasteiger charge is -2.17. The smallest absolute Gasteiger partial charge is 0.391 e. The van der Waals surface area contributed by atoms with Gasteiger partial charge in [-0.1, -0.05) is 30.3 Å². The summed E-state index contributed by atoms with van der Waals surface area (Å²) < 4.78 is 37.6. The molecule has 0 heterocycles. The van der Waals surface area contributed by atoms with Gasteiger partial charge in [-0.2, -0.15) is 13.2 Å². The Hall–Kier alpha value is -3.16. The van der Waals surface area contributed by atoms with E-state index in [9.17, 15) is 27.6 Å². The van der Waals surface area contributed by atoms with Crippen LogP contribution >= 0.6 is 0 Å². The molecule has 2 aromatic carbocycles. The van der Waals surface area contributed by atoms with E-state index in [1.54, 1.807) is 18.2 Å². The molecule has 0 radical (unpaired) electrons. The summed E-state index contributed by atoms with van der Waals surface area (Å²) in [5, 5.41) is 10.8. The van der Waals surface area contributed by atoms with Gasteiger partial charge in [0, 0.05) is 11.1 Å². The van der Waals surface area contributed by atoms with Crippen LogP contribution in [-0.2, 0) is 4.79 Å². The van der Waals surface area contributed by atoms with Gasteiger partial charge in [-0.05, 0) is 37.1 Å². The Morgan fingerprint density at radius 1 is 1.00 bits per heavy atom. The van der Waals surface area contributed by atoms with Crippen molar-refractivity contribution in [2.45, 2.75) is 32.5 Å². The molecule has 0 aliphatic carbocycles. The van der Waals surface area contributed by atoms with Gasteiger partial charge in [-0.15, -0.1) is 0 Å². The maximum absolute atomic E-state index is 12.8. The number of carbonyl (C=O) groups excluding carboxylic acids is 2. The zero-order valence-corrected chi connectivity index (χ0v) is 15.1. The van der Waals surface area contributed by atoms with E-state index in [0.717, 1.165) is 11.1 Å². The molecule has 8 heteroatoms. The number of carbonyl (C=O) groups is 3. The molecule has 1 unspecified atom stereocenters. The number of carboxylic acid groups (broad SMARTS) is 1. The first-order chi connectivity index (χ1) is 13.0. The largest absolute Gasteiger partial charge is 0.480 e. The number of benzene rings is 2. The molecule has 1 amide bonds. The Labute approximate surface area is 159 Å². The molecule has 2 rings (SSSR count). The van der Waals surface area contributed by atoms with E-state index in [1.165, 1.54) is 24.3 Å². The van der Waals surface area contributed by atoms with Crippen LogP contribution in [-0.4, -0.2) is 35.0 Å². The van der Waals surface area contributed by atoms with Gasteiger partial charge in [0.15, 0.2) is 5.78 Å². The van der Waals surface area contributed by atoms with Gasteiger partial charge in [-0.25, -0.2) is 4.79 Å². The molecule has 28 heavy (non-hydrogen) atoms. The van der Waals surface area contributed by atoms with Gasteiger partial charge >= 0.3 is 12.1 Å². The average molecular weight is 393 g/mol. The van der Waals surface area contributed by atoms with Crippen LogP contribution in [0.2, 0.25) is 0 Å². The highest BCUT2D eigenvalue weighted by molar-refractivity contribution is 6.15. The summed E-state index contributed by atoms with van der Waals surface area (Å²) in [6.45, 7) is 3.69. The number of alkyl halides is 3. The molecule has 0 aliphatic heterocycles. The molecular weight excluding hydrogens is 375 g/mol. The lowest BCUT2D eigenvalue weighted by atomic mass is 9.95. The molecule has 0 saturated heterocycles. The fourth-order valence-corrected chi connectivity index (χ4v) is 2.58. The van der Waals surface area contributed by atoms with Gasteiger partial charge in [0.05, 0.1) is 12.0 Å². The summed E-state index contributed by atoms with van der Waals surface area (Å²) in [6.07, 6.45) is -6.49. The Bertz CT molecular complexity index is 922. The lowest BCUT2D eigenvalue weighted by molar-refractivity contribution is -0.157. The third kappa shape index (κ3) is 5.18. The number of hydrogen-bond donors (Lipinski definition) is 2. The molecule has 0 fully saturated rings.